The van der Waals surface area contributed by atoms with Gasteiger partial charge in [0.2, 0.25) is 0 Å². The van der Waals surface area contributed by atoms with E-state index in [-0.39, 0.29) is 117 Å². The maximum absolute atomic E-state index is 12.2. The largest absolute Gasteiger partial charge is 1.00 e. The van der Waals surface area contributed by atoms with Crippen LogP contribution in [0.3, 0.4) is 0 Å². The molecule has 2 unspecified atom stereocenters. The molecule has 0 saturated carbocycles. The van der Waals surface area contributed by atoms with Gasteiger partial charge in [-0.25, -0.2) is 9.59 Å². The zero-order valence-electron chi connectivity index (χ0n) is 63.6. The molecule has 1 aromatic carbocycles. The van der Waals surface area contributed by atoms with Gasteiger partial charge in [0.1, 0.15) is 25.6 Å². The zero-order chi connectivity index (χ0) is 76.4. The maximum atomic E-state index is 12.2. The number of nitrogens with zero attached hydrogens (tertiary/aromatic N) is 1. The summed E-state index contributed by atoms with van der Waals surface area (Å²) in [4.78, 5) is 82.1. The van der Waals surface area contributed by atoms with Gasteiger partial charge in [0.15, 0.2) is 33.3 Å². The number of benzene rings is 1. The van der Waals surface area contributed by atoms with E-state index in [1.165, 1.54) is 0 Å². The van der Waals surface area contributed by atoms with Crippen LogP contribution in [-0.2, 0) is 103 Å². The smallest absolute Gasteiger partial charge is 0.858 e. The van der Waals surface area contributed by atoms with E-state index in [0.29, 0.717) is 78.4 Å². The van der Waals surface area contributed by atoms with Crippen LogP contribution in [0.1, 0.15) is 169 Å². The fourth-order valence-electron chi connectivity index (χ4n) is 7.55. The molecule has 0 bridgehead atoms. The molecule has 1 rings (SSSR count). The minimum absolute atomic E-state index is 0. The molecule has 0 aliphatic heterocycles. The van der Waals surface area contributed by atoms with E-state index >= 15 is 0 Å². The van der Waals surface area contributed by atoms with Gasteiger partial charge in [-0.05, 0) is 195 Å². The fourth-order valence-corrected chi connectivity index (χ4v) is 24.8. The van der Waals surface area contributed by atoms with Crippen molar-refractivity contribution in [1.29, 1.82) is 0 Å². The van der Waals surface area contributed by atoms with E-state index in [1.807, 2.05) is 69.2 Å². The molecule has 2 atom stereocenters. The number of carbonyl (C=O) groups is 7. The van der Waals surface area contributed by atoms with Crippen LogP contribution in [0.25, 0.3) is 0 Å². The van der Waals surface area contributed by atoms with Crippen LogP contribution >= 0.6 is 0 Å². The molecular formula is C68H131AgF3N3O21SSi4. The van der Waals surface area contributed by atoms with Crippen molar-refractivity contribution in [3.63, 3.8) is 0 Å². The third-order valence-corrected chi connectivity index (χ3v) is 29.8. The first-order chi connectivity index (χ1) is 45.0. The molecule has 598 valence electrons. The van der Waals surface area contributed by atoms with E-state index in [2.05, 4.69) is 74.0 Å². The fraction of sp³-hybridized carbons (Fsp3) is 0.794. The Kier molecular flexibility index (Phi) is 57.1. The number of rotatable bonds is 42. The number of halogens is 3. The molecule has 101 heavy (non-hydrogen) atoms. The molecule has 33 heteroatoms. The number of sulfonamides is 1. The van der Waals surface area contributed by atoms with Gasteiger partial charge in [-0.3, -0.25) is 24.0 Å². The molecule has 1 aromatic rings. The number of carbonyl (C=O) groups excluding carboxylic acids is 7. The van der Waals surface area contributed by atoms with Crippen molar-refractivity contribution in [3.8, 4) is 5.75 Å². The maximum Gasteiger partial charge on any atom is 1.00 e. The van der Waals surface area contributed by atoms with Crippen molar-refractivity contribution in [3.05, 3.63) is 29.8 Å². The van der Waals surface area contributed by atoms with Crippen molar-refractivity contribution in [2.24, 2.45) is 32.5 Å². The molecule has 0 aromatic heterocycles. The molecule has 0 aliphatic rings. The van der Waals surface area contributed by atoms with Crippen molar-refractivity contribution in [2.75, 3.05) is 79.2 Å². The number of alkyl halides is 3. The average Bonchev–Trinajstić information content (AvgIpc) is 0.820. The van der Waals surface area contributed by atoms with E-state index in [9.17, 15) is 60.3 Å². The summed E-state index contributed by atoms with van der Waals surface area (Å²) >= 11 is 0. The first-order valence-electron chi connectivity index (χ1n) is 33.9. The summed E-state index contributed by atoms with van der Waals surface area (Å²) in [5, 5.41) is 16.7. The third kappa shape index (κ3) is 53.2. The summed E-state index contributed by atoms with van der Waals surface area (Å²) in [7, 11) is -12.9. The Morgan fingerprint density at radius 3 is 1.23 bits per heavy atom. The SMILES string of the molecule is C.C.CCC(C)(C)C(=O)OCCC[Si](C)(C)O[Si](C)(C)C.CCC(C)(C)C(=O)Oc1ccc(C([O-])=NS(=O)(=O)C(F)(F)F)cc1.CCC(C)C(=O)OCCNC(=O)OCCC[Si](C)(C)O[Si](C)(C)CCCOC(=O)NCCOC(=O)C(C)(C)CC.CCOCCOCCOC(=O)C(C)CC.[Ag+]. The van der Waals surface area contributed by atoms with Crippen LogP contribution in [0.2, 0.25) is 77.1 Å². The minimum atomic E-state index is -5.91. The molecule has 0 heterocycles. The van der Waals surface area contributed by atoms with Crippen LogP contribution in [0.5, 0.6) is 5.75 Å². The quantitative estimate of drug-likeness (QED) is 0.0117. The van der Waals surface area contributed by atoms with Crippen LogP contribution < -0.4 is 20.5 Å². The molecule has 0 radical (unpaired) electrons. The Morgan fingerprint density at radius 2 is 0.851 bits per heavy atom. The second kappa shape index (κ2) is 53.5. The Balaban J connectivity index is -0.000000317. The summed E-state index contributed by atoms with van der Waals surface area (Å²) in [5.74, 6) is -2.97. The number of amides is 2. The Bertz CT molecular complexity index is 2650. The Hall–Kier alpha value is -4.23. The van der Waals surface area contributed by atoms with Gasteiger partial charge >= 0.3 is 79.9 Å². The van der Waals surface area contributed by atoms with Crippen molar-refractivity contribution < 1.29 is 133 Å². The van der Waals surface area contributed by atoms with E-state index in [4.69, 9.17) is 50.9 Å². The Labute approximate surface area is 624 Å². The summed E-state index contributed by atoms with van der Waals surface area (Å²) in [6, 6.07) is 7.10. The summed E-state index contributed by atoms with van der Waals surface area (Å²) in [6.07, 6.45) is 4.79. The first kappa shape index (κ1) is 108. The number of nitrogens with one attached hydrogen (secondary N) is 2. The van der Waals surface area contributed by atoms with Gasteiger partial charge in [-0.1, -0.05) is 75.5 Å². The monoisotopic (exact) mass is 1630 g/mol. The van der Waals surface area contributed by atoms with Crippen LogP contribution in [0, 0.1) is 28.1 Å². The van der Waals surface area contributed by atoms with E-state index in [0.717, 1.165) is 61.7 Å². The topological polar surface area (TPSA) is 315 Å². The molecule has 0 saturated heterocycles. The number of alkyl carbamates (subject to hydrolysis) is 2. The minimum Gasteiger partial charge on any atom is -0.858 e. The molecule has 0 aliphatic carbocycles. The normalized spacial score (nSPS) is 12.7. The first-order valence-corrected chi connectivity index (χ1v) is 48.1. The van der Waals surface area contributed by atoms with Gasteiger partial charge in [-0.2, -0.15) is 26.0 Å². The molecule has 2 amide bonds. The van der Waals surface area contributed by atoms with Gasteiger partial charge in [0.05, 0.1) is 80.8 Å². The number of hydrogen-bond donors (Lipinski definition) is 2. The molecule has 0 spiro atoms. The number of ether oxygens (including phenoxy) is 9. The predicted octanol–water partition coefficient (Wildman–Crippen LogP) is 14.5. The molecular weight excluding hydrogens is 1500 g/mol. The second-order valence-corrected chi connectivity index (χ2v) is 47.5. The van der Waals surface area contributed by atoms with Gasteiger partial charge < -0.3 is 66.6 Å². The second-order valence-electron chi connectivity index (χ2n) is 28.0. The summed E-state index contributed by atoms with van der Waals surface area (Å²) in [6.45, 7) is 50.3. The van der Waals surface area contributed by atoms with Gasteiger partial charge in [0, 0.05) is 12.5 Å². The van der Waals surface area contributed by atoms with E-state index in [1.54, 1.807) is 27.7 Å². The summed E-state index contributed by atoms with van der Waals surface area (Å²) in [5.41, 5.74) is -7.67. The number of hydrogen-bond acceptors (Lipinski definition) is 21. The van der Waals surface area contributed by atoms with Crippen molar-refractivity contribution in [1.82, 2.24) is 10.6 Å². The van der Waals surface area contributed by atoms with Gasteiger partial charge in [0.25, 0.3) is 0 Å². The van der Waals surface area contributed by atoms with Crippen LogP contribution in [-0.4, -0.2) is 174 Å². The third-order valence-electron chi connectivity index (χ3n) is 15.0. The summed E-state index contributed by atoms with van der Waals surface area (Å²) < 4.78 is 120. The van der Waals surface area contributed by atoms with E-state index < -0.39 is 89.2 Å². The zero-order valence-corrected chi connectivity index (χ0v) is 69.9. The van der Waals surface area contributed by atoms with Crippen molar-refractivity contribution >= 4 is 91.2 Å². The van der Waals surface area contributed by atoms with Crippen molar-refractivity contribution in [2.45, 2.75) is 246 Å². The molecule has 24 nitrogen and oxygen atoms in total. The Morgan fingerprint density at radius 1 is 0.505 bits per heavy atom. The average molecular weight is 1640 g/mol. The van der Waals surface area contributed by atoms with Gasteiger partial charge in [-0.15, -0.1) is 0 Å². The predicted molar refractivity (Wildman–Crippen MR) is 394 cm³/mol. The molecule has 2 N–H and O–H groups in total. The molecule has 0 fully saturated rings. The number of esters is 5. The van der Waals surface area contributed by atoms with Crippen LogP contribution in [0.4, 0.5) is 22.8 Å². The van der Waals surface area contributed by atoms with Crippen LogP contribution in [0.15, 0.2) is 28.7 Å². The standard InChI is InChI=1S/C27H54N2O9Si2.C14H16F3NO5S.C14H32O3Si2.C11H22O4.2CH4.Ag/c1-10-22(3)23(30)34-18-14-28-25(32)36-16-12-20-39(6,7)38-40(8,9)21-13-17-37-26(33)29-15-19-35-24(31)27(4,5)11-2;1-4-13(2,3)12(20)23-10-7-5-9(6-8-10)11(19)18-24(21,22)14(15,16)17;1-9-14(2,3)13(15)16-11-10-12-19(7,8)17-18(4,5)6;1-4-10(3)11(12)15-9-8-14-7-6-13-5-2;;;/h22H,10-21H2,1-9H3,(H,28,32)(H,29,33);5-8H,4H2,1-3H3,(H,18,19);9-12H2,1-8H3;10H,4-9H2,1-3H3;2*1H4;/q;;;;;;+1/p-1.